The van der Waals surface area contributed by atoms with Crippen LogP contribution in [0.2, 0.25) is 0 Å². The molecule has 110 valence electrons. The Morgan fingerprint density at radius 3 is 2.62 bits per heavy atom. The lowest BCUT2D eigenvalue weighted by Crippen LogP contribution is -2.35. The average molecular weight is 352 g/mol. The lowest BCUT2D eigenvalue weighted by molar-refractivity contribution is -0.151. The van der Waals surface area contributed by atoms with Gasteiger partial charge in [0.25, 0.3) is 5.91 Å². The van der Waals surface area contributed by atoms with Gasteiger partial charge in [0.05, 0.1) is 0 Å². The lowest BCUT2D eigenvalue weighted by atomic mass is 10.2. The van der Waals surface area contributed by atoms with E-state index in [1.165, 1.54) is 6.08 Å². The molecule has 2 rings (SSSR count). The molecule has 1 heterocycles. The second-order valence-electron chi connectivity index (χ2n) is 4.54. The second-order valence-corrected chi connectivity index (χ2v) is 5.45. The van der Waals surface area contributed by atoms with Gasteiger partial charge in [-0.25, -0.2) is 4.79 Å². The van der Waals surface area contributed by atoms with E-state index in [0.717, 1.165) is 14.9 Å². The number of ether oxygens (including phenoxy) is 1. The highest BCUT2D eigenvalue weighted by Crippen LogP contribution is 2.12. The Balaban J connectivity index is 1.80. The van der Waals surface area contributed by atoms with E-state index in [4.69, 9.17) is 4.74 Å². The van der Waals surface area contributed by atoms with Gasteiger partial charge in [-0.1, -0.05) is 28.1 Å². The fraction of sp³-hybridized carbons (Fsp3) is 0.267. The van der Waals surface area contributed by atoms with Crippen molar-refractivity contribution in [3.05, 3.63) is 40.4 Å². The maximum absolute atomic E-state index is 11.7. The highest BCUT2D eigenvalue weighted by molar-refractivity contribution is 9.10. The van der Waals surface area contributed by atoms with E-state index in [1.54, 1.807) is 6.08 Å². The first-order chi connectivity index (χ1) is 10.1. The Morgan fingerprint density at radius 1 is 1.29 bits per heavy atom. The van der Waals surface area contributed by atoms with E-state index in [-0.39, 0.29) is 5.91 Å². The van der Waals surface area contributed by atoms with Gasteiger partial charge < -0.3 is 4.74 Å². The van der Waals surface area contributed by atoms with Gasteiger partial charge in [0.1, 0.15) is 0 Å². The molecule has 1 aliphatic heterocycles. The predicted octanol–water partition coefficient (Wildman–Crippen LogP) is 2.15. The molecule has 0 aliphatic carbocycles. The van der Waals surface area contributed by atoms with Crippen molar-refractivity contribution in [2.45, 2.75) is 12.8 Å². The third-order valence-corrected chi connectivity index (χ3v) is 3.52. The van der Waals surface area contributed by atoms with Crippen molar-refractivity contribution in [2.75, 3.05) is 13.2 Å². The first-order valence-corrected chi connectivity index (χ1v) is 7.29. The van der Waals surface area contributed by atoms with E-state index in [9.17, 15) is 14.4 Å². The summed E-state index contributed by atoms with van der Waals surface area (Å²) in [5.74, 6) is -1.29. The van der Waals surface area contributed by atoms with Gasteiger partial charge >= 0.3 is 5.97 Å². The molecule has 1 aromatic carbocycles. The van der Waals surface area contributed by atoms with E-state index < -0.39 is 18.5 Å². The quantitative estimate of drug-likeness (QED) is 0.615. The number of hydrogen-bond acceptors (Lipinski definition) is 4. The summed E-state index contributed by atoms with van der Waals surface area (Å²) < 4.78 is 5.78. The van der Waals surface area contributed by atoms with Gasteiger partial charge in [-0.15, -0.1) is 0 Å². The fourth-order valence-corrected chi connectivity index (χ4v) is 2.17. The maximum atomic E-state index is 11.7. The maximum Gasteiger partial charge on any atom is 0.331 e. The monoisotopic (exact) mass is 351 g/mol. The van der Waals surface area contributed by atoms with Crippen LogP contribution in [0.3, 0.4) is 0 Å². The number of carbonyl (C=O) groups is 3. The van der Waals surface area contributed by atoms with Crippen LogP contribution in [-0.4, -0.2) is 35.8 Å². The number of nitrogens with zero attached hydrogens (tertiary/aromatic N) is 1. The molecule has 1 aliphatic rings. The van der Waals surface area contributed by atoms with Crippen LogP contribution < -0.4 is 0 Å². The number of halogens is 1. The minimum Gasteiger partial charge on any atom is -0.452 e. The Hall–Kier alpha value is -1.95. The van der Waals surface area contributed by atoms with Crippen molar-refractivity contribution in [1.82, 2.24) is 4.90 Å². The molecular weight excluding hydrogens is 338 g/mol. The van der Waals surface area contributed by atoms with Crippen molar-refractivity contribution in [3.8, 4) is 0 Å². The van der Waals surface area contributed by atoms with Crippen LogP contribution in [-0.2, 0) is 19.1 Å². The van der Waals surface area contributed by atoms with Gasteiger partial charge in [0, 0.05) is 23.5 Å². The fourth-order valence-electron chi connectivity index (χ4n) is 1.91. The van der Waals surface area contributed by atoms with Crippen LogP contribution in [0.15, 0.2) is 34.8 Å². The van der Waals surface area contributed by atoms with E-state index in [0.29, 0.717) is 19.4 Å². The van der Waals surface area contributed by atoms with Gasteiger partial charge in [0.15, 0.2) is 6.61 Å². The van der Waals surface area contributed by atoms with Gasteiger partial charge in [0.2, 0.25) is 5.91 Å². The van der Waals surface area contributed by atoms with Crippen LogP contribution >= 0.6 is 15.9 Å². The zero-order valence-corrected chi connectivity index (χ0v) is 12.8. The third-order valence-electron chi connectivity index (χ3n) is 2.99. The van der Waals surface area contributed by atoms with Crippen LogP contribution in [0.1, 0.15) is 18.4 Å². The Labute approximate surface area is 130 Å². The predicted molar refractivity (Wildman–Crippen MR) is 80.1 cm³/mol. The summed E-state index contributed by atoms with van der Waals surface area (Å²) in [5.41, 5.74) is 0.844. The third kappa shape index (κ3) is 4.53. The molecule has 0 atom stereocenters. The summed E-state index contributed by atoms with van der Waals surface area (Å²) in [4.78, 5) is 35.7. The standard InChI is InChI=1S/C15H14BrNO4/c16-12-6-3-11(4-7-12)5-8-15(20)21-10-14(19)17-9-1-2-13(17)18/h3-8H,1-2,9-10H2/b8-5+. The number of carbonyl (C=O) groups excluding carboxylic acids is 3. The Bertz CT molecular complexity index is 580. The van der Waals surface area contributed by atoms with Crippen LogP contribution in [0.25, 0.3) is 6.08 Å². The number of amides is 2. The number of imide groups is 1. The largest absolute Gasteiger partial charge is 0.452 e. The van der Waals surface area contributed by atoms with Crippen molar-refractivity contribution in [2.24, 2.45) is 0 Å². The van der Waals surface area contributed by atoms with Crippen LogP contribution in [0.4, 0.5) is 0 Å². The van der Waals surface area contributed by atoms with Crippen LogP contribution in [0, 0.1) is 0 Å². The topological polar surface area (TPSA) is 63.7 Å². The summed E-state index contributed by atoms with van der Waals surface area (Å²) in [5, 5.41) is 0. The number of rotatable bonds is 4. The smallest absolute Gasteiger partial charge is 0.331 e. The Kier molecular flexibility index (Phi) is 5.27. The normalized spacial score (nSPS) is 14.7. The molecule has 2 amide bonds. The summed E-state index contributed by atoms with van der Waals surface area (Å²) in [6, 6.07) is 7.38. The minimum atomic E-state index is -0.613. The number of hydrogen-bond donors (Lipinski definition) is 0. The van der Waals surface area contributed by atoms with Crippen molar-refractivity contribution in [1.29, 1.82) is 0 Å². The van der Waals surface area contributed by atoms with Crippen molar-refractivity contribution >= 4 is 39.8 Å². The second kappa shape index (κ2) is 7.17. The molecule has 1 aromatic rings. The summed E-state index contributed by atoms with van der Waals surface area (Å²) in [6.45, 7) is -0.000793. The van der Waals surface area contributed by atoms with E-state index in [2.05, 4.69) is 15.9 Å². The number of benzene rings is 1. The molecule has 0 spiro atoms. The number of likely N-dealkylation sites (tertiary alicyclic amines) is 1. The first-order valence-electron chi connectivity index (χ1n) is 6.50. The molecule has 0 radical (unpaired) electrons. The summed E-state index contributed by atoms with van der Waals surface area (Å²) in [6.07, 6.45) is 3.90. The first kappa shape index (κ1) is 15.4. The lowest BCUT2D eigenvalue weighted by Gasteiger charge is -2.12. The molecule has 0 bridgehead atoms. The molecule has 1 saturated heterocycles. The minimum absolute atomic E-state index is 0.207. The molecular formula is C15H14BrNO4. The van der Waals surface area contributed by atoms with Gasteiger partial charge in [-0.3, -0.25) is 14.5 Å². The molecule has 1 fully saturated rings. The molecule has 0 N–H and O–H groups in total. The zero-order chi connectivity index (χ0) is 15.2. The Morgan fingerprint density at radius 2 is 2.00 bits per heavy atom. The summed E-state index contributed by atoms with van der Waals surface area (Å²) in [7, 11) is 0. The van der Waals surface area contributed by atoms with Gasteiger partial charge in [-0.05, 0) is 30.2 Å². The molecule has 21 heavy (non-hydrogen) atoms. The van der Waals surface area contributed by atoms with Crippen LogP contribution in [0.5, 0.6) is 0 Å². The molecule has 0 unspecified atom stereocenters. The molecule has 0 saturated carbocycles. The van der Waals surface area contributed by atoms with E-state index >= 15 is 0 Å². The summed E-state index contributed by atoms with van der Waals surface area (Å²) >= 11 is 3.32. The van der Waals surface area contributed by atoms with Gasteiger partial charge in [-0.2, -0.15) is 0 Å². The van der Waals surface area contributed by atoms with Crippen molar-refractivity contribution < 1.29 is 19.1 Å². The molecule has 6 heteroatoms. The van der Waals surface area contributed by atoms with Crippen molar-refractivity contribution in [3.63, 3.8) is 0 Å². The SMILES string of the molecule is O=C(/C=C/c1ccc(Br)cc1)OCC(=O)N1CCCC1=O. The number of esters is 1. The molecule has 5 nitrogen and oxygen atoms in total. The highest BCUT2D eigenvalue weighted by Gasteiger charge is 2.26. The molecule has 0 aromatic heterocycles. The van der Waals surface area contributed by atoms with E-state index in [1.807, 2.05) is 24.3 Å². The highest BCUT2D eigenvalue weighted by atomic mass is 79.9. The zero-order valence-electron chi connectivity index (χ0n) is 11.3. The average Bonchev–Trinajstić information content (AvgIpc) is 2.90.